The number of nitrogens with two attached hydrogens (primary N) is 1. The first-order valence-electron chi connectivity index (χ1n) is 5.79. The summed E-state index contributed by atoms with van der Waals surface area (Å²) < 4.78 is 11.1. The van der Waals surface area contributed by atoms with Gasteiger partial charge in [-0.15, -0.1) is 0 Å². The second-order valence-electron chi connectivity index (χ2n) is 4.13. The van der Waals surface area contributed by atoms with Gasteiger partial charge in [0.15, 0.2) is 0 Å². The van der Waals surface area contributed by atoms with Crippen molar-refractivity contribution in [3.05, 3.63) is 0 Å². The Morgan fingerprint density at radius 2 is 2.06 bits per heavy atom. The molecule has 0 saturated heterocycles. The van der Waals surface area contributed by atoms with E-state index in [2.05, 4.69) is 5.32 Å². The quantitative estimate of drug-likeness (QED) is 0.649. The third kappa shape index (κ3) is 6.73. The molecule has 0 aromatic rings. The van der Waals surface area contributed by atoms with E-state index in [-0.39, 0.29) is 22.1 Å². The number of hydrogen-bond acceptors (Lipinski definition) is 3. The number of nitrogens with one attached hydrogen (secondary N) is 1. The van der Waals surface area contributed by atoms with E-state index in [1.807, 2.05) is 13.8 Å². The molecule has 0 aliphatic rings. The SMILES string of the molecule is CCCC(C(=O)NCCC(C)S(C)=O)C(N)=S. The third-order valence-electron chi connectivity index (χ3n) is 2.65. The summed E-state index contributed by atoms with van der Waals surface area (Å²) in [5, 5.41) is 2.88. The van der Waals surface area contributed by atoms with E-state index in [1.54, 1.807) is 6.26 Å². The molecule has 3 N–H and O–H groups in total. The van der Waals surface area contributed by atoms with E-state index in [9.17, 15) is 9.00 Å². The molecule has 4 nitrogen and oxygen atoms in total. The normalized spacial score (nSPS) is 15.9. The first kappa shape index (κ1) is 16.5. The van der Waals surface area contributed by atoms with Crippen LogP contribution in [0.25, 0.3) is 0 Å². The summed E-state index contributed by atoms with van der Waals surface area (Å²) in [6.45, 7) is 4.41. The van der Waals surface area contributed by atoms with Gasteiger partial charge in [0.1, 0.15) is 0 Å². The largest absolute Gasteiger partial charge is 0.393 e. The van der Waals surface area contributed by atoms with Gasteiger partial charge in [0.25, 0.3) is 0 Å². The van der Waals surface area contributed by atoms with Gasteiger partial charge in [0, 0.05) is 28.9 Å². The van der Waals surface area contributed by atoms with E-state index in [0.717, 1.165) is 6.42 Å². The number of carbonyl (C=O) groups excluding carboxylic acids is 1. The molecule has 0 aromatic heterocycles. The topological polar surface area (TPSA) is 72.2 Å². The van der Waals surface area contributed by atoms with Crippen LogP contribution in [0.1, 0.15) is 33.1 Å². The Bertz CT molecular complexity index is 295. The summed E-state index contributed by atoms with van der Waals surface area (Å²) >= 11 is 4.87. The van der Waals surface area contributed by atoms with Crippen LogP contribution in [0.4, 0.5) is 0 Å². The van der Waals surface area contributed by atoms with Crippen molar-refractivity contribution in [1.29, 1.82) is 0 Å². The Hall–Kier alpha value is -0.490. The fourth-order valence-corrected chi connectivity index (χ4v) is 2.05. The molecule has 0 bridgehead atoms. The molecule has 1 amide bonds. The Balaban J connectivity index is 4.06. The molecule has 0 aliphatic heterocycles. The summed E-state index contributed by atoms with van der Waals surface area (Å²) in [5.74, 6) is -0.495. The second-order valence-corrected chi connectivity index (χ2v) is 6.41. The maximum Gasteiger partial charge on any atom is 0.229 e. The van der Waals surface area contributed by atoms with Gasteiger partial charge >= 0.3 is 0 Å². The molecule has 0 spiro atoms. The molecule has 100 valence electrons. The maximum absolute atomic E-state index is 11.8. The predicted molar refractivity (Wildman–Crippen MR) is 76.3 cm³/mol. The van der Waals surface area contributed by atoms with E-state index in [1.165, 1.54) is 0 Å². The third-order valence-corrected chi connectivity index (χ3v) is 4.31. The van der Waals surface area contributed by atoms with Crippen molar-refractivity contribution in [3.8, 4) is 0 Å². The molecular formula is C11H22N2O2S2. The Morgan fingerprint density at radius 1 is 1.47 bits per heavy atom. The van der Waals surface area contributed by atoms with Gasteiger partial charge in [-0.05, 0) is 12.8 Å². The fourth-order valence-electron chi connectivity index (χ4n) is 1.38. The summed E-state index contributed by atoms with van der Waals surface area (Å²) in [4.78, 5) is 12.0. The zero-order valence-corrected chi connectivity index (χ0v) is 12.3. The highest BCUT2D eigenvalue weighted by molar-refractivity contribution is 7.84. The van der Waals surface area contributed by atoms with Crippen molar-refractivity contribution in [2.75, 3.05) is 12.8 Å². The Labute approximate surface area is 111 Å². The van der Waals surface area contributed by atoms with Crippen molar-refractivity contribution >= 4 is 33.9 Å². The van der Waals surface area contributed by atoms with Crippen LogP contribution < -0.4 is 11.1 Å². The van der Waals surface area contributed by atoms with E-state index >= 15 is 0 Å². The highest BCUT2D eigenvalue weighted by Gasteiger charge is 2.20. The molecular weight excluding hydrogens is 256 g/mol. The first-order chi connectivity index (χ1) is 7.90. The number of amides is 1. The van der Waals surface area contributed by atoms with Crippen molar-refractivity contribution in [2.24, 2.45) is 11.7 Å². The van der Waals surface area contributed by atoms with Gasteiger partial charge in [0.05, 0.1) is 10.9 Å². The van der Waals surface area contributed by atoms with Gasteiger partial charge in [-0.25, -0.2) is 0 Å². The minimum Gasteiger partial charge on any atom is -0.393 e. The summed E-state index contributed by atoms with van der Waals surface area (Å²) in [5.41, 5.74) is 5.53. The molecule has 0 fully saturated rings. The van der Waals surface area contributed by atoms with Crippen LogP contribution in [0, 0.1) is 5.92 Å². The lowest BCUT2D eigenvalue weighted by Gasteiger charge is -2.15. The number of rotatable bonds is 8. The number of carbonyl (C=O) groups is 1. The summed E-state index contributed by atoms with van der Waals surface area (Å²) in [6.07, 6.45) is 3.91. The predicted octanol–water partition coefficient (Wildman–Crippen LogP) is 0.962. The van der Waals surface area contributed by atoms with Crippen LogP contribution in [0.3, 0.4) is 0 Å². The molecule has 6 heteroatoms. The molecule has 0 aliphatic carbocycles. The van der Waals surface area contributed by atoms with Crippen LogP contribution in [-0.2, 0) is 15.6 Å². The molecule has 3 unspecified atom stereocenters. The minimum atomic E-state index is -0.850. The Morgan fingerprint density at radius 3 is 2.47 bits per heavy atom. The average Bonchev–Trinajstić information content (AvgIpc) is 2.24. The van der Waals surface area contributed by atoms with Gasteiger partial charge in [-0.3, -0.25) is 9.00 Å². The summed E-state index contributed by atoms with van der Waals surface area (Å²) in [6, 6.07) is 0. The van der Waals surface area contributed by atoms with Crippen LogP contribution in [-0.4, -0.2) is 33.2 Å². The lowest BCUT2D eigenvalue weighted by atomic mass is 10.0. The molecule has 0 rings (SSSR count). The lowest BCUT2D eigenvalue weighted by Crippen LogP contribution is -2.38. The van der Waals surface area contributed by atoms with E-state index in [0.29, 0.717) is 19.4 Å². The zero-order valence-electron chi connectivity index (χ0n) is 10.7. The smallest absolute Gasteiger partial charge is 0.229 e. The van der Waals surface area contributed by atoms with Crippen molar-refractivity contribution in [1.82, 2.24) is 5.32 Å². The standard InChI is InChI=1S/C11H22N2O2S2/c1-4-5-9(10(12)16)11(14)13-7-6-8(2)17(3)15/h8-9H,4-7H2,1-3H3,(H2,12,16)(H,13,14). The van der Waals surface area contributed by atoms with E-state index in [4.69, 9.17) is 18.0 Å². The van der Waals surface area contributed by atoms with E-state index < -0.39 is 10.8 Å². The number of thiocarbonyl (C=S) groups is 1. The monoisotopic (exact) mass is 278 g/mol. The molecule has 3 atom stereocenters. The van der Waals surface area contributed by atoms with Gasteiger partial charge in [-0.2, -0.15) is 0 Å². The minimum absolute atomic E-state index is 0.0877. The van der Waals surface area contributed by atoms with Crippen LogP contribution >= 0.6 is 12.2 Å². The fraction of sp³-hybridized carbons (Fsp3) is 0.818. The van der Waals surface area contributed by atoms with Gasteiger partial charge in [-0.1, -0.05) is 32.5 Å². The van der Waals surface area contributed by atoms with Crippen molar-refractivity contribution in [2.45, 2.75) is 38.4 Å². The zero-order chi connectivity index (χ0) is 13.4. The van der Waals surface area contributed by atoms with Crippen molar-refractivity contribution < 1.29 is 9.00 Å². The highest BCUT2D eigenvalue weighted by Crippen LogP contribution is 2.07. The molecule has 0 radical (unpaired) electrons. The molecule has 17 heavy (non-hydrogen) atoms. The second kappa shape index (κ2) is 8.58. The van der Waals surface area contributed by atoms with Gasteiger partial charge in [0.2, 0.25) is 5.91 Å². The summed E-state index contributed by atoms with van der Waals surface area (Å²) in [7, 11) is -0.850. The average molecular weight is 278 g/mol. The van der Waals surface area contributed by atoms with Crippen LogP contribution in [0.15, 0.2) is 0 Å². The van der Waals surface area contributed by atoms with Crippen LogP contribution in [0.5, 0.6) is 0 Å². The van der Waals surface area contributed by atoms with Crippen LogP contribution in [0.2, 0.25) is 0 Å². The molecule has 0 saturated carbocycles. The van der Waals surface area contributed by atoms with Crippen molar-refractivity contribution in [3.63, 3.8) is 0 Å². The first-order valence-corrected chi connectivity index (χ1v) is 7.82. The maximum atomic E-state index is 11.8. The molecule has 0 aromatic carbocycles. The van der Waals surface area contributed by atoms with Gasteiger partial charge < -0.3 is 11.1 Å². The highest BCUT2D eigenvalue weighted by atomic mass is 32.2. The lowest BCUT2D eigenvalue weighted by molar-refractivity contribution is -0.123. The number of hydrogen-bond donors (Lipinski definition) is 2. The Kier molecular flexibility index (Phi) is 8.33. The molecule has 0 heterocycles.